The molecule has 2 N–H and O–H groups in total. The van der Waals surface area contributed by atoms with Gasteiger partial charge in [-0.05, 0) is 53.0 Å². The molecule has 0 saturated heterocycles. The minimum Gasteiger partial charge on any atom is -0.496 e. The Hall–Kier alpha value is -2.80. The van der Waals surface area contributed by atoms with Crippen molar-refractivity contribution in [2.45, 2.75) is 19.8 Å². The van der Waals surface area contributed by atoms with Crippen LogP contribution in [0.25, 0.3) is 11.0 Å². The highest BCUT2D eigenvalue weighted by Gasteiger charge is 2.17. The van der Waals surface area contributed by atoms with Gasteiger partial charge in [-0.2, -0.15) is 0 Å². The number of hydrogen-bond acceptors (Lipinski definition) is 4. The molecule has 27 heavy (non-hydrogen) atoms. The molecular formula is C20H19BrN2O4. The van der Waals surface area contributed by atoms with Crippen molar-refractivity contribution in [1.29, 1.82) is 0 Å². The van der Waals surface area contributed by atoms with Gasteiger partial charge in [-0.25, -0.2) is 0 Å². The van der Waals surface area contributed by atoms with E-state index in [0.29, 0.717) is 12.0 Å². The van der Waals surface area contributed by atoms with Crippen LogP contribution >= 0.6 is 15.9 Å². The molecule has 0 aliphatic rings. The van der Waals surface area contributed by atoms with E-state index in [4.69, 9.17) is 9.15 Å². The number of ether oxygens (including phenoxy) is 1. The third-order valence-corrected chi connectivity index (χ3v) is 4.84. The molecule has 7 heteroatoms. The lowest BCUT2D eigenvalue weighted by Gasteiger charge is -2.08. The average molecular weight is 431 g/mol. The maximum Gasteiger partial charge on any atom is 0.305 e. The van der Waals surface area contributed by atoms with Crippen LogP contribution in [0.5, 0.6) is 5.75 Å². The number of rotatable bonds is 5. The molecule has 0 fully saturated rings. The molecule has 0 unspecified atom stereocenters. The van der Waals surface area contributed by atoms with Crippen LogP contribution in [-0.2, 0) is 11.2 Å². The monoisotopic (exact) mass is 430 g/mol. The highest BCUT2D eigenvalue weighted by Crippen LogP contribution is 2.26. The van der Waals surface area contributed by atoms with Crippen LogP contribution in [0.15, 0.2) is 51.4 Å². The Morgan fingerprint density at radius 2 is 1.93 bits per heavy atom. The number of hydrogen-bond donors (Lipinski definition) is 2. The van der Waals surface area contributed by atoms with Crippen molar-refractivity contribution in [2.75, 3.05) is 7.11 Å². The number of methoxy groups -OCH3 is 1. The van der Waals surface area contributed by atoms with Crippen LogP contribution in [0.4, 0.5) is 0 Å². The summed E-state index contributed by atoms with van der Waals surface area (Å²) in [6.07, 6.45) is 0.770. The first-order valence-electron chi connectivity index (χ1n) is 8.39. The van der Waals surface area contributed by atoms with Crippen LogP contribution in [-0.4, -0.2) is 18.9 Å². The summed E-state index contributed by atoms with van der Waals surface area (Å²) in [5.74, 6) is 0.153. The summed E-state index contributed by atoms with van der Waals surface area (Å²) in [5, 5.41) is 0.874. The molecule has 0 saturated carbocycles. The number of hydrazine groups is 1. The molecule has 1 heterocycles. The first kappa shape index (κ1) is 19.0. The maximum atomic E-state index is 12.3. The van der Waals surface area contributed by atoms with Gasteiger partial charge in [0, 0.05) is 17.4 Å². The zero-order valence-corrected chi connectivity index (χ0v) is 16.6. The Morgan fingerprint density at radius 1 is 1.15 bits per heavy atom. The summed E-state index contributed by atoms with van der Waals surface area (Å²) in [6, 6.07) is 13.0. The van der Waals surface area contributed by atoms with Gasteiger partial charge in [-0.1, -0.05) is 24.3 Å². The summed E-state index contributed by atoms with van der Waals surface area (Å²) >= 11 is 3.42. The zero-order valence-electron chi connectivity index (χ0n) is 15.0. The zero-order chi connectivity index (χ0) is 19.4. The van der Waals surface area contributed by atoms with Gasteiger partial charge < -0.3 is 9.15 Å². The van der Waals surface area contributed by atoms with Crippen LogP contribution < -0.4 is 15.6 Å². The molecule has 0 aliphatic carbocycles. The molecule has 2 amide bonds. The van der Waals surface area contributed by atoms with Gasteiger partial charge >= 0.3 is 5.91 Å². The molecule has 3 rings (SSSR count). The Labute approximate surface area is 165 Å². The second-order valence-electron chi connectivity index (χ2n) is 6.02. The van der Waals surface area contributed by atoms with Crippen molar-refractivity contribution in [3.05, 3.63) is 63.8 Å². The molecule has 2 aromatic carbocycles. The molecule has 0 spiro atoms. The lowest BCUT2D eigenvalue weighted by molar-refractivity contribution is -0.121. The molecule has 1 aromatic heterocycles. The Kier molecular flexibility index (Phi) is 5.81. The van der Waals surface area contributed by atoms with Gasteiger partial charge in [0.2, 0.25) is 5.91 Å². The van der Waals surface area contributed by atoms with E-state index in [9.17, 15) is 9.59 Å². The standard InChI is InChI=1S/C20H19BrN2O4/c1-12-14-5-3-4-6-16(14)27-19(12)20(25)23-22-18(24)10-8-13-7-9-17(26-2)15(21)11-13/h3-7,9,11H,8,10H2,1-2H3,(H,22,24)(H,23,25). The van der Waals surface area contributed by atoms with Gasteiger partial charge in [0.1, 0.15) is 11.3 Å². The predicted molar refractivity (Wildman–Crippen MR) is 106 cm³/mol. The SMILES string of the molecule is COc1ccc(CCC(=O)NNC(=O)c2oc3ccccc3c2C)cc1Br. The van der Waals surface area contributed by atoms with Gasteiger partial charge in [0.25, 0.3) is 0 Å². The fraction of sp³-hybridized carbons (Fsp3) is 0.200. The normalized spacial score (nSPS) is 10.6. The Morgan fingerprint density at radius 3 is 2.63 bits per heavy atom. The van der Waals surface area contributed by atoms with Gasteiger partial charge in [0.05, 0.1) is 11.6 Å². The Balaban J connectivity index is 1.54. The highest BCUT2D eigenvalue weighted by atomic mass is 79.9. The quantitative estimate of drug-likeness (QED) is 0.601. The number of halogens is 1. The first-order valence-corrected chi connectivity index (χ1v) is 9.18. The molecule has 0 atom stereocenters. The number of carbonyl (C=O) groups is 2. The number of benzene rings is 2. The van der Waals surface area contributed by atoms with E-state index in [1.807, 2.05) is 43.3 Å². The minimum atomic E-state index is -0.482. The number of fused-ring (bicyclic) bond motifs is 1. The van der Waals surface area contributed by atoms with E-state index in [1.54, 1.807) is 13.2 Å². The van der Waals surface area contributed by atoms with Gasteiger partial charge in [-0.3, -0.25) is 20.4 Å². The number of carbonyl (C=O) groups excluding carboxylic acids is 2. The minimum absolute atomic E-state index is 0.190. The average Bonchev–Trinajstić information content (AvgIpc) is 3.01. The third kappa shape index (κ3) is 4.31. The van der Waals surface area contributed by atoms with Crippen molar-refractivity contribution >= 4 is 38.7 Å². The number of amides is 2. The summed E-state index contributed by atoms with van der Waals surface area (Å²) in [5.41, 5.74) is 7.19. The molecule has 3 aromatic rings. The van der Waals surface area contributed by atoms with E-state index in [-0.39, 0.29) is 18.1 Å². The molecule has 0 bridgehead atoms. The van der Waals surface area contributed by atoms with Crippen molar-refractivity contribution in [3.8, 4) is 5.75 Å². The molecule has 6 nitrogen and oxygen atoms in total. The first-order chi connectivity index (χ1) is 13.0. The molecular weight excluding hydrogens is 412 g/mol. The highest BCUT2D eigenvalue weighted by molar-refractivity contribution is 9.10. The maximum absolute atomic E-state index is 12.3. The lowest BCUT2D eigenvalue weighted by Crippen LogP contribution is -2.41. The van der Waals surface area contributed by atoms with Gasteiger partial charge in [0.15, 0.2) is 5.76 Å². The van der Waals surface area contributed by atoms with Gasteiger partial charge in [-0.15, -0.1) is 0 Å². The molecule has 0 radical (unpaired) electrons. The summed E-state index contributed by atoms with van der Waals surface area (Å²) in [6.45, 7) is 1.81. The summed E-state index contributed by atoms with van der Waals surface area (Å²) in [4.78, 5) is 24.3. The van der Waals surface area contributed by atoms with Crippen LogP contribution in [0.3, 0.4) is 0 Å². The van der Waals surface area contributed by atoms with E-state index < -0.39 is 5.91 Å². The number of nitrogens with one attached hydrogen (secondary N) is 2. The van der Waals surface area contributed by atoms with E-state index in [1.165, 1.54) is 0 Å². The van der Waals surface area contributed by atoms with E-state index in [2.05, 4.69) is 26.8 Å². The van der Waals surface area contributed by atoms with Crippen LogP contribution in [0.2, 0.25) is 0 Å². The van der Waals surface area contributed by atoms with Crippen molar-refractivity contribution in [2.24, 2.45) is 0 Å². The van der Waals surface area contributed by atoms with Crippen molar-refractivity contribution in [1.82, 2.24) is 10.9 Å². The van der Waals surface area contributed by atoms with E-state index >= 15 is 0 Å². The van der Waals surface area contributed by atoms with Crippen molar-refractivity contribution in [3.63, 3.8) is 0 Å². The Bertz CT molecular complexity index is 997. The number of furan rings is 1. The second kappa shape index (κ2) is 8.26. The molecule has 140 valence electrons. The summed E-state index contributed by atoms with van der Waals surface area (Å²) < 4.78 is 11.6. The second-order valence-corrected chi connectivity index (χ2v) is 6.88. The fourth-order valence-corrected chi connectivity index (χ4v) is 3.35. The largest absolute Gasteiger partial charge is 0.496 e. The van der Waals surface area contributed by atoms with Crippen LogP contribution in [0, 0.1) is 6.92 Å². The topological polar surface area (TPSA) is 80.6 Å². The lowest BCUT2D eigenvalue weighted by atomic mass is 10.1. The number of para-hydroxylation sites is 1. The number of aryl methyl sites for hydroxylation is 2. The van der Waals surface area contributed by atoms with E-state index in [0.717, 1.165) is 26.7 Å². The van der Waals surface area contributed by atoms with Crippen LogP contribution in [0.1, 0.15) is 28.1 Å². The third-order valence-electron chi connectivity index (χ3n) is 4.22. The van der Waals surface area contributed by atoms with Crippen molar-refractivity contribution < 1.29 is 18.7 Å². The fourth-order valence-electron chi connectivity index (χ4n) is 2.76. The predicted octanol–water partition coefficient (Wildman–Crippen LogP) is 3.91. The smallest absolute Gasteiger partial charge is 0.305 e. The molecule has 0 aliphatic heterocycles. The summed E-state index contributed by atoms with van der Waals surface area (Å²) in [7, 11) is 1.60.